The molecule has 4 heterocycles. The smallest absolute Gasteiger partial charge is 0.258 e. The fourth-order valence-electron chi connectivity index (χ4n) is 4.57. The number of sulfonamides is 1. The highest BCUT2D eigenvalue weighted by molar-refractivity contribution is 8.04. The first-order chi connectivity index (χ1) is 17.0. The van der Waals surface area contributed by atoms with Gasteiger partial charge in [-0.1, -0.05) is 17.8 Å². The highest BCUT2D eigenvalue weighted by Crippen LogP contribution is 2.34. The van der Waals surface area contributed by atoms with E-state index >= 15 is 0 Å². The molecule has 0 spiro atoms. The molecule has 11 heteroatoms. The monoisotopic (exact) mass is 543 g/mol. The number of nitrogens with one attached hydrogen (secondary N) is 1. The molecule has 0 radical (unpaired) electrons. The zero-order valence-corrected chi connectivity index (χ0v) is 21.9. The molecule has 2 aliphatic heterocycles. The second kappa shape index (κ2) is 11.0. The molecule has 3 aromatic rings. The van der Waals surface area contributed by atoms with Crippen molar-refractivity contribution in [2.75, 3.05) is 19.6 Å². The van der Waals surface area contributed by atoms with Crippen LogP contribution in [0.15, 0.2) is 63.5 Å². The Kier molecular flexibility index (Phi) is 8.05. The maximum atomic E-state index is 12.9. The highest BCUT2D eigenvalue weighted by Gasteiger charge is 2.29. The lowest BCUT2D eigenvalue weighted by atomic mass is 9.93. The fraction of sp³-hybridized carbons (Fsp3) is 0.320. The molecule has 1 fully saturated rings. The van der Waals surface area contributed by atoms with Crippen LogP contribution < -0.4 is 5.32 Å². The Labute approximate surface area is 220 Å². The van der Waals surface area contributed by atoms with Crippen LogP contribution in [-0.4, -0.2) is 47.6 Å². The van der Waals surface area contributed by atoms with Crippen LogP contribution in [0.2, 0.25) is 0 Å². The van der Waals surface area contributed by atoms with E-state index in [1.165, 1.54) is 40.3 Å². The van der Waals surface area contributed by atoms with E-state index in [0.717, 1.165) is 42.1 Å². The van der Waals surface area contributed by atoms with Crippen molar-refractivity contribution in [3.63, 3.8) is 0 Å². The van der Waals surface area contributed by atoms with Crippen LogP contribution in [0.5, 0.6) is 0 Å². The Morgan fingerprint density at radius 3 is 2.64 bits per heavy atom. The van der Waals surface area contributed by atoms with Gasteiger partial charge >= 0.3 is 0 Å². The molecule has 1 N–H and O–H groups in total. The summed E-state index contributed by atoms with van der Waals surface area (Å²) in [6.07, 6.45) is 7.06. The van der Waals surface area contributed by atoms with Gasteiger partial charge in [-0.25, -0.2) is 13.4 Å². The van der Waals surface area contributed by atoms with Crippen LogP contribution in [-0.2, 0) is 14.8 Å². The third kappa shape index (κ3) is 5.30. The van der Waals surface area contributed by atoms with E-state index in [1.807, 2.05) is 34.7 Å². The van der Waals surface area contributed by atoms with Crippen molar-refractivity contribution >= 4 is 51.8 Å². The summed E-state index contributed by atoms with van der Waals surface area (Å²) < 4.78 is 29.3. The molecule has 0 aliphatic carbocycles. The summed E-state index contributed by atoms with van der Waals surface area (Å²) in [6, 6.07) is 13.9. The molecule has 188 valence electrons. The molecule has 0 saturated carbocycles. The quantitative estimate of drug-likeness (QED) is 0.450. The summed E-state index contributed by atoms with van der Waals surface area (Å²) in [5.74, 6) is 0.359. The number of hydrogen-bond acceptors (Lipinski definition) is 6. The number of carbonyl (C=O) groups is 1. The van der Waals surface area contributed by atoms with Crippen molar-refractivity contribution in [3.8, 4) is 6.07 Å². The Balaban J connectivity index is 0.00000304. The zero-order valence-electron chi connectivity index (χ0n) is 19.5. The van der Waals surface area contributed by atoms with Crippen molar-refractivity contribution in [2.45, 2.75) is 35.6 Å². The number of nitrogens with zero attached hydrogens (tertiary/aromatic N) is 4. The van der Waals surface area contributed by atoms with E-state index in [2.05, 4.69) is 10.3 Å². The first-order valence-electron chi connectivity index (χ1n) is 11.6. The first-order valence-corrected chi connectivity index (χ1v) is 13.9. The van der Waals surface area contributed by atoms with Crippen LogP contribution in [0.4, 0.5) is 0 Å². The van der Waals surface area contributed by atoms with Crippen molar-refractivity contribution in [1.82, 2.24) is 19.0 Å². The largest absolute Gasteiger partial charge is 0.352 e. The SMILES string of the molecule is Cl.N#Cc1ccc(S(=O)(=O)N2CCC(CCCNC(=O)C3=Cc4cnc5cccc(n45)S3)CC2)cc1. The molecule has 2 aliphatic rings. The van der Waals surface area contributed by atoms with E-state index in [9.17, 15) is 13.2 Å². The van der Waals surface area contributed by atoms with E-state index < -0.39 is 10.0 Å². The van der Waals surface area contributed by atoms with Gasteiger partial charge in [-0.3, -0.25) is 9.20 Å². The molecule has 1 aromatic carbocycles. The molecule has 0 unspecified atom stereocenters. The molecule has 1 amide bonds. The number of piperidine rings is 1. The van der Waals surface area contributed by atoms with Crippen LogP contribution in [0.3, 0.4) is 0 Å². The number of pyridine rings is 1. The van der Waals surface area contributed by atoms with Crippen molar-refractivity contribution in [2.24, 2.45) is 5.92 Å². The second-order valence-corrected chi connectivity index (χ2v) is 11.7. The minimum atomic E-state index is -3.54. The molecular formula is C25H26ClN5O3S2. The first kappa shape index (κ1) is 26.2. The molecule has 1 saturated heterocycles. The molecule has 36 heavy (non-hydrogen) atoms. The molecule has 2 aromatic heterocycles. The van der Waals surface area contributed by atoms with Gasteiger partial charge < -0.3 is 5.32 Å². The van der Waals surface area contributed by atoms with E-state index in [-0.39, 0.29) is 23.2 Å². The topological polar surface area (TPSA) is 108 Å². The number of benzene rings is 1. The van der Waals surface area contributed by atoms with Gasteiger partial charge in [0.2, 0.25) is 10.0 Å². The average molecular weight is 544 g/mol. The van der Waals surface area contributed by atoms with Gasteiger partial charge in [0.05, 0.1) is 38.4 Å². The van der Waals surface area contributed by atoms with Gasteiger partial charge in [0.25, 0.3) is 5.91 Å². The van der Waals surface area contributed by atoms with Crippen LogP contribution in [0.25, 0.3) is 11.7 Å². The van der Waals surface area contributed by atoms with Gasteiger partial charge in [-0.2, -0.15) is 9.57 Å². The molecule has 0 atom stereocenters. The average Bonchev–Trinajstić information content (AvgIpc) is 3.31. The normalized spacial score (nSPS) is 16.1. The van der Waals surface area contributed by atoms with Crippen molar-refractivity contribution in [1.29, 1.82) is 5.26 Å². The summed E-state index contributed by atoms with van der Waals surface area (Å²) in [5, 5.41) is 12.9. The molecular weight excluding hydrogens is 518 g/mol. The van der Waals surface area contributed by atoms with Gasteiger partial charge in [0.15, 0.2) is 0 Å². The van der Waals surface area contributed by atoms with Gasteiger partial charge in [0.1, 0.15) is 5.65 Å². The van der Waals surface area contributed by atoms with Crippen molar-refractivity contribution in [3.05, 3.63) is 64.8 Å². The van der Waals surface area contributed by atoms with Gasteiger partial charge in [-0.05, 0) is 74.1 Å². The van der Waals surface area contributed by atoms with Gasteiger partial charge in [0, 0.05) is 19.6 Å². The number of thioether (sulfide) groups is 1. The Bertz CT molecular complexity index is 1440. The third-order valence-corrected chi connectivity index (χ3v) is 9.47. The fourth-order valence-corrected chi connectivity index (χ4v) is 7.04. The number of nitriles is 1. The predicted molar refractivity (Wildman–Crippen MR) is 141 cm³/mol. The summed E-state index contributed by atoms with van der Waals surface area (Å²) in [6.45, 7) is 1.56. The molecule has 5 rings (SSSR count). The number of amides is 1. The van der Waals surface area contributed by atoms with E-state index in [4.69, 9.17) is 5.26 Å². The lowest BCUT2D eigenvalue weighted by Crippen LogP contribution is -2.38. The minimum absolute atomic E-state index is 0. The Hall–Kier alpha value is -2.84. The number of imidazole rings is 1. The predicted octanol–water partition coefficient (Wildman–Crippen LogP) is 4.07. The van der Waals surface area contributed by atoms with Crippen LogP contribution in [0.1, 0.15) is 36.9 Å². The number of carbonyl (C=O) groups excluding carboxylic acids is 1. The zero-order chi connectivity index (χ0) is 24.4. The third-order valence-electron chi connectivity index (χ3n) is 6.51. The standard InChI is InChI=1S/C25H25N5O3S2.ClH/c26-16-19-6-8-21(9-7-19)35(32,33)29-13-10-18(11-14-29)3-2-12-27-25(31)22-15-20-17-28-23-4-1-5-24(34-22)30(20)23;/h1,4-9,15,17-18H,2-3,10-14H2,(H,27,31);1H. The highest BCUT2D eigenvalue weighted by atomic mass is 35.5. The number of halogens is 1. The lowest BCUT2D eigenvalue weighted by molar-refractivity contribution is -0.116. The maximum Gasteiger partial charge on any atom is 0.258 e. The maximum absolute atomic E-state index is 12.9. The lowest BCUT2D eigenvalue weighted by Gasteiger charge is -2.31. The second-order valence-electron chi connectivity index (χ2n) is 8.73. The Morgan fingerprint density at radius 1 is 1.17 bits per heavy atom. The molecule has 0 bridgehead atoms. The van der Waals surface area contributed by atoms with Gasteiger partial charge in [-0.15, -0.1) is 12.4 Å². The van der Waals surface area contributed by atoms with Crippen molar-refractivity contribution < 1.29 is 13.2 Å². The minimum Gasteiger partial charge on any atom is -0.352 e. The summed E-state index contributed by atoms with van der Waals surface area (Å²) in [7, 11) is -3.54. The van der Waals surface area contributed by atoms with Crippen LogP contribution in [0, 0.1) is 17.2 Å². The van der Waals surface area contributed by atoms with Crippen LogP contribution >= 0.6 is 24.2 Å². The number of aromatic nitrogens is 2. The molecule has 8 nitrogen and oxygen atoms in total. The Morgan fingerprint density at radius 2 is 1.92 bits per heavy atom. The summed E-state index contributed by atoms with van der Waals surface area (Å²) in [4.78, 5) is 18.0. The summed E-state index contributed by atoms with van der Waals surface area (Å²) >= 11 is 1.44. The number of hydrogen-bond donors (Lipinski definition) is 1. The van der Waals surface area contributed by atoms with E-state index in [1.54, 1.807) is 6.20 Å². The number of rotatable bonds is 7. The summed E-state index contributed by atoms with van der Waals surface area (Å²) in [5.41, 5.74) is 2.22. The van der Waals surface area contributed by atoms with E-state index in [0.29, 0.717) is 36.0 Å².